The predicted octanol–water partition coefficient (Wildman–Crippen LogP) is 2.60. The van der Waals surface area contributed by atoms with Crippen LogP contribution < -0.4 is 5.32 Å². The Morgan fingerprint density at radius 2 is 1.85 bits per heavy atom. The summed E-state index contributed by atoms with van der Waals surface area (Å²) in [6, 6.07) is 7.93. The number of pyridine rings is 1. The predicted molar refractivity (Wildman–Crippen MR) is 103 cm³/mol. The number of aromatic nitrogens is 1. The highest BCUT2D eigenvalue weighted by Crippen LogP contribution is 2.31. The van der Waals surface area contributed by atoms with Gasteiger partial charge in [0.05, 0.1) is 10.0 Å². The fraction of sp³-hybridized carbons (Fsp3) is 0.294. The van der Waals surface area contributed by atoms with Crippen molar-refractivity contribution < 1.29 is 13.2 Å². The molecule has 7 nitrogen and oxygen atoms in total. The van der Waals surface area contributed by atoms with E-state index in [0.29, 0.717) is 6.54 Å². The standard InChI is InChI=1S/C17H18Cl2N4O3S/c18-14-4-1-5-15(16(14)19)27(25,26)23-9-7-22(8-10-23)17(24)21-12-13-3-2-6-20-11-13/h1-6,11H,7-10,12H2,(H,21,24). The van der Waals surface area contributed by atoms with Gasteiger partial charge in [0.15, 0.2) is 0 Å². The first-order valence-corrected chi connectivity index (χ1v) is 10.4. The molecule has 1 saturated heterocycles. The van der Waals surface area contributed by atoms with E-state index < -0.39 is 10.0 Å². The number of piperazine rings is 1. The van der Waals surface area contributed by atoms with Gasteiger partial charge in [-0.1, -0.05) is 35.3 Å². The molecule has 1 fully saturated rings. The van der Waals surface area contributed by atoms with Crippen LogP contribution in [-0.2, 0) is 16.6 Å². The Bertz CT molecular complexity index is 917. The maximum Gasteiger partial charge on any atom is 0.317 e. The molecule has 27 heavy (non-hydrogen) atoms. The fourth-order valence-corrected chi connectivity index (χ4v) is 4.90. The third-order valence-corrected chi connectivity index (χ3v) is 7.10. The number of hydrogen-bond donors (Lipinski definition) is 1. The van der Waals surface area contributed by atoms with E-state index >= 15 is 0 Å². The van der Waals surface area contributed by atoms with E-state index in [1.165, 1.54) is 16.4 Å². The summed E-state index contributed by atoms with van der Waals surface area (Å²) >= 11 is 12.0. The largest absolute Gasteiger partial charge is 0.334 e. The van der Waals surface area contributed by atoms with Crippen molar-refractivity contribution in [1.29, 1.82) is 0 Å². The molecule has 0 unspecified atom stereocenters. The number of rotatable bonds is 4. The summed E-state index contributed by atoms with van der Waals surface area (Å²) in [6.45, 7) is 1.31. The number of hydrogen-bond acceptors (Lipinski definition) is 4. The number of carbonyl (C=O) groups is 1. The van der Waals surface area contributed by atoms with Crippen LogP contribution in [0.1, 0.15) is 5.56 Å². The molecule has 2 heterocycles. The molecule has 144 valence electrons. The van der Waals surface area contributed by atoms with Crippen LogP contribution in [0, 0.1) is 0 Å². The second kappa shape index (κ2) is 8.43. The molecule has 0 bridgehead atoms. The molecule has 1 aromatic heterocycles. The summed E-state index contributed by atoms with van der Waals surface area (Å²) < 4.78 is 26.9. The molecule has 1 aliphatic rings. The first-order valence-electron chi connectivity index (χ1n) is 8.25. The number of halogens is 2. The number of nitrogens with one attached hydrogen (secondary N) is 1. The quantitative estimate of drug-likeness (QED) is 0.810. The van der Waals surface area contributed by atoms with Crippen molar-refractivity contribution in [2.24, 2.45) is 0 Å². The Morgan fingerprint density at radius 1 is 1.11 bits per heavy atom. The van der Waals surface area contributed by atoms with Crippen molar-refractivity contribution in [3.05, 3.63) is 58.3 Å². The fourth-order valence-electron chi connectivity index (χ4n) is 2.75. The molecular formula is C17H18Cl2N4O3S. The van der Waals surface area contributed by atoms with E-state index in [9.17, 15) is 13.2 Å². The van der Waals surface area contributed by atoms with E-state index in [1.54, 1.807) is 29.4 Å². The van der Waals surface area contributed by atoms with Gasteiger partial charge in [-0.05, 0) is 23.8 Å². The van der Waals surface area contributed by atoms with Crippen LogP contribution in [0.3, 0.4) is 0 Å². The third-order valence-electron chi connectivity index (χ3n) is 4.23. The zero-order valence-corrected chi connectivity index (χ0v) is 16.6. The number of benzene rings is 1. The van der Waals surface area contributed by atoms with Gasteiger partial charge < -0.3 is 10.2 Å². The molecule has 0 spiro atoms. The van der Waals surface area contributed by atoms with Gasteiger partial charge in [-0.3, -0.25) is 4.98 Å². The lowest BCUT2D eigenvalue weighted by atomic mass is 10.3. The van der Waals surface area contributed by atoms with E-state index in [-0.39, 0.29) is 47.2 Å². The van der Waals surface area contributed by atoms with Gasteiger partial charge in [0.2, 0.25) is 10.0 Å². The van der Waals surface area contributed by atoms with Crippen LogP contribution in [0.25, 0.3) is 0 Å². The van der Waals surface area contributed by atoms with Gasteiger partial charge in [-0.25, -0.2) is 13.2 Å². The topological polar surface area (TPSA) is 82.6 Å². The molecule has 2 amide bonds. The summed E-state index contributed by atoms with van der Waals surface area (Å²) in [7, 11) is -3.77. The van der Waals surface area contributed by atoms with Crippen LogP contribution in [0.5, 0.6) is 0 Å². The van der Waals surface area contributed by atoms with Crippen molar-refractivity contribution in [2.45, 2.75) is 11.4 Å². The zero-order chi connectivity index (χ0) is 19.4. The van der Waals surface area contributed by atoms with Gasteiger partial charge >= 0.3 is 6.03 Å². The molecule has 0 atom stereocenters. The summed E-state index contributed by atoms with van der Waals surface area (Å²) in [5.41, 5.74) is 0.891. The zero-order valence-electron chi connectivity index (χ0n) is 14.3. The molecule has 1 aromatic carbocycles. The van der Waals surface area contributed by atoms with E-state index in [4.69, 9.17) is 23.2 Å². The van der Waals surface area contributed by atoms with Crippen molar-refractivity contribution >= 4 is 39.3 Å². The van der Waals surface area contributed by atoms with Crippen molar-refractivity contribution in [2.75, 3.05) is 26.2 Å². The molecule has 3 rings (SSSR count). The third kappa shape index (κ3) is 4.52. The lowest BCUT2D eigenvalue weighted by molar-refractivity contribution is 0.172. The highest BCUT2D eigenvalue weighted by atomic mass is 35.5. The average Bonchev–Trinajstić information content (AvgIpc) is 2.69. The van der Waals surface area contributed by atoms with Gasteiger partial charge in [-0.15, -0.1) is 0 Å². The SMILES string of the molecule is O=C(NCc1cccnc1)N1CCN(S(=O)(=O)c2cccc(Cl)c2Cl)CC1. The smallest absolute Gasteiger partial charge is 0.317 e. The lowest BCUT2D eigenvalue weighted by Crippen LogP contribution is -2.53. The number of urea groups is 1. The lowest BCUT2D eigenvalue weighted by Gasteiger charge is -2.34. The highest BCUT2D eigenvalue weighted by Gasteiger charge is 2.31. The number of sulfonamides is 1. The number of nitrogens with zero attached hydrogens (tertiary/aromatic N) is 3. The Morgan fingerprint density at radius 3 is 2.52 bits per heavy atom. The molecule has 0 radical (unpaired) electrons. The van der Waals surface area contributed by atoms with Gasteiger partial charge in [0.25, 0.3) is 0 Å². The average molecular weight is 429 g/mol. The summed E-state index contributed by atoms with van der Waals surface area (Å²) in [5, 5.41) is 3.01. The van der Waals surface area contributed by atoms with Gasteiger partial charge in [0, 0.05) is 45.1 Å². The number of amides is 2. The summed E-state index contributed by atoms with van der Waals surface area (Å²) in [5.74, 6) is 0. The monoisotopic (exact) mass is 428 g/mol. The summed E-state index contributed by atoms with van der Waals surface area (Å²) in [6.07, 6.45) is 3.34. The van der Waals surface area contributed by atoms with Crippen LogP contribution in [0.15, 0.2) is 47.6 Å². The Hall–Kier alpha value is -1.87. The minimum Gasteiger partial charge on any atom is -0.334 e. The second-order valence-electron chi connectivity index (χ2n) is 5.96. The van der Waals surface area contributed by atoms with Crippen LogP contribution >= 0.6 is 23.2 Å². The maximum atomic E-state index is 12.8. The van der Waals surface area contributed by atoms with Crippen LogP contribution in [0.4, 0.5) is 4.79 Å². The number of carbonyl (C=O) groups excluding carboxylic acids is 1. The second-order valence-corrected chi connectivity index (χ2v) is 8.65. The molecule has 0 saturated carbocycles. The molecule has 10 heteroatoms. The minimum absolute atomic E-state index is 0.0100. The van der Waals surface area contributed by atoms with E-state index in [2.05, 4.69) is 10.3 Å². The highest BCUT2D eigenvalue weighted by molar-refractivity contribution is 7.89. The normalized spacial score (nSPS) is 15.6. The Kier molecular flexibility index (Phi) is 6.21. The van der Waals surface area contributed by atoms with Crippen molar-refractivity contribution in [1.82, 2.24) is 19.5 Å². The van der Waals surface area contributed by atoms with E-state index in [0.717, 1.165) is 5.56 Å². The van der Waals surface area contributed by atoms with Crippen LogP contribution in [-0.4, -0.2) is 54.8 Å². The van der Waals surface area contributed by atoms with Gasteiger partial charge in [0.1, 0.15) is 4.90 Å². The van der Waals surface area contributed by atoms with Crippen LogP contribution in [0.2, 0.25) is 10.0 Å². The molecular weight excluding hydrogens is 411 g/mol. The summed E-state index contributed by atoms with van der Waals surface area (Å²) in [4.78, 5) is 17.8. The maximum absolute atomic E-state index is 12.8. The first-order chi connectivity index (χ1) is 12.9. The van der Waals surface area contributed by atoms with Crippen molar-refractivity contribution in [3.63, 3.8) is 0 Å². The molecule has 1 N–H and O–H groups in total. The molecule has 0 aliphatic carbocycles. The minimum atomic E-state index is -3.77. The Labute approximate surface area is 167 Å². The van der Waals surface area contributed by atoms with E-state index in [1.807, 2.05) is 6.07 Å². The molecule has 2 aromatic rings. The first kappa shape index (κ1) is 19.9. The Balaban J connectivity index is 1.59. The van der Waals surface area contributed by atoms with Gasteiger partial charge in [-0.2, -0.15) is 4.31 Å². The molecule has 1 aliphatic heterocycles. The van der Waals surface area contributed by atoms with Crippen molar-refractivity contribution in [3.8, 4) is 0 Å².